The van der Waals surface area contributed by atoms with Crippen molar-refractivity contribution in [3.05, 3.63) is 84.2 Å². The molecule has 1 fully saturated rings. The van der Waals surface area contributed by atoms with E-state index in [4.69, 9.17) is 14.5 Å². The van der Waals surface area contributed by atoms with Crippen LogP contribution in [-0.2, 0) is 11.3 Å². The third kappa shape index (κ3) is 4.23. The van der Waals surface area contributed by atoms with Crippen molar-refractivity contribution >= 4 is 22.6 Å². The number of nitrogens with zero attached hydrogens (tertiary/aromatic N) is 3. The standard InChI is InChI=1S/C28H29N3O3/c1-3-33-26-15-9-7-13-24(26)31-19-21(18-27(31)32)28-29-22-11-5-6-12-23(22)30(28)16-17-34-25-14-8-4-10-20(25)2/h4-15,21H,3,16-19H2,1-2H3. The maximum atomic E-state index is 13.1. The first-order chi connectivity index (χ1) is 16.7. The van der Waals surface area contributed by atoms with E-state index in [1.807, 2.05) is 85.5 Å². The molecule has 3 aromatic carbocycles. The van der Waals surface area contributed by atoms with Crippen molar-refractivity contribution in [3.8, 4) is 11.5 Å². The van der Waals surface area contributed by atoms with E-state index in [1.54, 1.807) is 0 Å². The average Bonchev–Trinajstić information content (AvgIpc) is 3.41. The lowest BCUT2D eigenvalue weighted by Gasteiger charge is -2.20. The number of aryl methyl sites for hydroxylation is 1. The highest BCUT2D eigenvalue weighted by Gasteiger charge is 2.36. The molecule has 1 saturated heterocycles. The second-order valence-corrected chi connectivity index (χ2v) is 8.53. The fourth-order valence-corrected chi connectivity index (χ4v) is 4.68. The molecule has 2 heterocycles. The van der Waals surface area contributed by atoms with Crippen molar-refractivity contribution < 1.29 is 14.3 Å². The molecule has 4 aromatic rings. The van der Waals surface area contributed by atoms with Crippen LogP contribution >= 0.6 is 0 Å². The first-order valence-electron chi connectivity index (χ1n) is 11.8. The van der Waals surface area contributed by atoms with Crippen LogP contribution in [0.25, 0.3) is 11.0 Å². The monoisotopic (exact) mass is 455 g/mol. The van der Waals surface area contributed by atoms with Gasteiger partial charge in [0.05, 0.1) is 29.9 Å². The Morgan fingerprint density at radius 3 is 2.50 bits per heavy atom. The number of hydrogen-bond acceptors (Lipinski definition) is 4. The van der Waals surface area contributed by atoms with Crippen LogP contribution < -0.4 is 14.4 Å². The number of fused-ring (bicyclic) bond motifs is 1. The van der Waals surface area contributed by atoms with Gasteiger partial charge >= 0.3 is 0 Å². The molecule has 1 aliphatic rings. The third-order valence-electron chi connectivity index (χ3n) is 6.30. The van der Waals surface area contributed by atoms with Gasteiger partial charge in [-0.25, -0.2) is 4.98 Å². The normalized spacial score (nSPS) is 15.8. The van der Waals surface area contributed by atoms with Crippen molar-refractivity contribution in [2.45, 2.75) is 32.7 Å². The smallest absolute Gasteiger partial charge is 0.227 e. The highest BCUT2D eigenvalue weighted by Crippen LogP contribution is 2.37. The summed E-state index contributed by atoms with van der Waals surface area (Å²) in [6.07, 6.45) is 0.419. The van der Waals surface area contributed by atoms with Gasteiger partial charge in [-0.3, -0.25) is 4.79 Å². The molecule has 1 amide bonds. The summed E-state index contributed by atoms with van der Waals surface area (Å²) in [6.45, 7) is 6.31. The van der Waals surface area contributed by atoms with Gasteiger partial charge in [0.25, 0.3) is 0 Å². The number of carbonyl (C=O) groups is 1. The molecule has 0 aliphatic carbocycles. The summed E-state index contributed by atoms with van der Waals surface area (Å²) < 4.78 is 14.1. The molecule has 174 valence electrons. The van der Waals surface area contributed by atoms with Crippen LogP contribution in [0, 0.1) is 6.92 Å². The van der Waals surface area contributed by atoms with Crippen molar-refractivity contribution in [1.29, 1.82) is 0 Å². The lowest BCUT2D eigenvalue weighted by molar-refractivity contribution is -0.117. The summed E-state index contributed by atoms with van der Waals surface area (Å²) in [5.41, 5.74) is 3.94. The van der Waals surface area contributed by atoms with Gasteiger partial charge in [0, 0.05) is 18.9 Å². The van der Waals surface area contributed by atoms with Crippen LogP contribution in [0.3, 0.4) is 0 Å². The van der Waals surface area contributed by atoms with Gasteiger partial charge in [-0.05, 0) is 49.7 Å². The lowest BCUT2D eigenvalue weighted by Crippen LogP contribution is -2.25. The molecular formula is C28H29N3O3. The van der Waals surface area contributed by atoms with E-state index in [-0.39, 0.29) is 11.8 Å². The number of amides is 1. The number of benzene rings is 3. The maximum Gasteiger partial charge on any atom is 0.227 e. The highest BCUT2D eigenvalue weighted by molar-refractivity contribution is 5.97. The number of imidazole rings is 1. The Bertz CT molecular complexity index is 1310. The zero-order valence-corrected chi connectivity index (χ0v) is 19.6. The minimum Gasteiger partial charge on any atom is -0.492 e. The Morgan fingerprint density at radius 1 is 0.941 bits per heavy atom. The SMILES string of the molecule is CCOc1ccccc1N1CC(c2nc3ccccc3n2CCOc2ccccc2C)CC1=O. The Labute approximate surface area is 199 Å². The van der Waals surface area contributed by atoms with Crippen molar-refractivity contribution in [1.82, 2.24) is 9.55 Å². The summed E-state index contributed by atoms with van der Waals surface area (Å²) in [4.78, 5) is 19.9. The minimum atomic E-state index is -0.00644. The van der Waals surface area contributed by atoms with Gasteiger partial charge in [-0.2, -0.15) is 0 Å². The lowest BCUT2D eigenvalue weighted by atomic mass is 10.1. The predicted octanol–water partition coefficient (Wildman–Crippen LogP) is 5.34. The van der Waals surface area contributed by atoms with Gasteiger partial charge in [-0.15, -0.1) is 0 Å². The molecule has 0 N–H and O–H groups in total. The second kappa shape index (κ2) is 9.59. The summed E-state index contributed by atoms with van der Waals surface area (Å²) in [6, 6.07) is 23.9. The number of rotatable bonds is 8. The van der Waals surface area contributed by atoms with E-state index < -0.39 is 0 Å². The molecule has 0 spiro atoms. The van der Waals surface area contributed by atoms with Crippen LogP contribution in [0.4, 0.5) is 5.69 Å². The summed E-state index contributed by atoms with van der Waals surface area (Å²) in [5, 5.41) is 0. The molecule has 1 unspecified atom stereocenters. The Kier molecular flexibility index (Phi) is 6.21. The Balaban J connectivity index is 1.41. The molecule has 0 bridgehead atoms. The zero-order valence-electron chi connectivity index (χ0n) is 19.6. The molecule has 1 aliphatic heterocycles. The van der Waals surface area contributed by atoms with E-state index in [2.05, 4.69) is 10.6 Å². The largest absolute Gasteiger partial charge is 0.492 e. The van der Waals surface area contributed by atoms with E-state index in [9.17, 15) is 4.79 Å². The van der Waals surface area contributed by atoms with Gasteiger partial charge < -0.3 is 18.9 Å². The summed E-state index contributed by atoms with van der Waals surface area (Å²) in [7, 11) is 0. The quantitative estimate of drug-likeness (QED) is 0.360. The van der Waals surface area contributed by atoms with Crippen LogP contribution in [0.5, 0.6) is 11.5 Å². The fraction of sp³-hybridized carbons (Fsp3) is 0.286. The molecule has 0 radical (unpaired) electrons. The number of carbonyl (C=O) groups excluding carboxylic acids is 1. The van der Waals surface area contributed by atoms with E-state index in [0.717, 1.165) is 39.6 Å². The van der Waals surface area contributed by atoms with Crippen LogP contribution in [-0.4, -0.2) is 35.2 Å². The van der Waals surface area contributed by atoms with Crippen LogP contribution in [0.1, 0.15) is 30.7 Å². The number of anilines is 1. The molecular weight excluding hydrogens is 426 g/mol. The van der Waals surface area contributed by atoms with E-state index in [0.29, 0.717) is 32.7 Å². The molecule has 5 rings (SSSR count). The second-order valence-electron chi connectivity index (χ2n) is 8.53. The molecule has 0 saturated carbocycles. The fourth-order valence-electron chi connectivity index (χ4n) is 4.68. The van der Waals surface area contributed by atoms with E-state index in [1.165, 1.54) is 0 Å². The first-order valence-corrected chi connectivity index (χ1v) is 11.8. The van der Waals surface area contributed by atoms with Crippen LogP contribution in [0.2, 0.25) is 0 Å². The molecule has 1 aromatic heterocycles. The number of hydrogen-bond donors (Lipinski definition) is 0. The highest BCUT2D eigenvalue weighted by atomic mass is 16.5. The minimum absolute atomic E-state index is 0.00644. The summed E-state index contributed by atoms with van der Waals surface area (Å²) >= 11 is 0. The average molecular weight is 456 g/mol. The van der Waals surface area contributed by atoms with Crippen molar-refractivity contribution in [2.75, 3.05) is 24.7 Å². The van der Waals surface area contributed by atoms with Crippen LogP contribution in [0.15, 0.2) is 72.8 Å². The molecule has 6 nitrogen and oxygen atoms in total. The molecule has 34 heavy (non-hydrogen) atoms. The van der Waals surface area contributed by atoms with E-state index >= 15 is 0 Å². The maximum absolute atomic E-state index is 13.1. The molecule has 6 heteroatoms. The van der Waals surface area contributed by atoms with Crippen molar-refractivity contribution in [2.24, 2.45) is 0 Å². The number of para-hydroxylation sites is 5. The van der Waals surface area contributed by atoms with Gasteiger partial charge in [-0.1, -0.05) is 42.5 Å². The van der Waals surface area contributed by atoms with Gasteiger partial charge in [0.1, 0.15) is 23.9 Å². The van der Waals surface area contributed by atoms with Gasteiger partial charge in [0.2, 0.25) is 5.91 Å². The third-order valence-corrected chi connectivity index (χ3v) is 6.30. The Morgan fingerprint density at radius 2 is 1.68 bits per heavy atom. The predicted molar refractivity (Wildman–Crippen MR) is 134 cm³/mol. The number of ether oxygens (including phenoxy) is 2. The van der Waals surface area contributed by atoms with Gasteiger partial charge in [0.15, 0.2) is 0 Å². The topological polar surface area (TPSA) is 56.6 Å². The van der Waals surface area contributed by atoms with Crippen molar-refractivity contribution in [3.63, 3.8) is 0 Å². The molecule has 1 atom stereocenters. The first kappa shape index (κ1) is 22.0. The Hall–Kier alpha value is -3.80. The zero-order chi connectivity index (χ0) is 23.5. The summed E-state index contributed by atoms with van der Waals surface area (Å²) in [5.74, 6) is 2.64. The number of aromatic nitrogens is 2.